The van der Waals surface area contributed by atoms with Crippen LogP contribution in [0.3, 0.4) is 0 Å². The van der Waals surface area contributed by atoms with Crippen molar-refractivity contribution >= 4 is 0 Å². The molecule has 0 spiro atoms. The molecule has 0 saturated heterocycles. The monoisotopic (exact) mass is 285 g/mol. The highest BCUT2D eigenvalue weighted by Crippen LogP contribution is 2.34. The predicted octanol–water partition coefficient (Wildman–Crippen LogP) is 4.17. The highest BCUT2D eigenvalue weighted by Gasteiger charge is 2.30. The molecule has 0 saturated carbocycles. The Kier molecular flexibility index (Phi) is 5.10. The minimum absolute atomic E-state index is 0.172. The van der Waals surface area contributed by atoms with Crippen molar-refractivity contribution in [3.8, 4) is 0 Å². The Bertz CT molecular complexity index is 494. The molecule has 2 unspecified atom stereocenters. The second-order valence-electron chi connectivity index (χ2n) is 6.24. The van der Waals surface area contributed by atoms with Gasteiger partial charge < -0.3 is 10.1 Å². The van der Waals surface area contributed by atoms with Gasteiger partial charge in [-0.2, -0.15) is 0 Å². The number of hydrogen-bond acceptors (Lipinski definition) is 2. The van der Waals surface area contributed by atoms with Gasteiger partial charge in [0.05, 0.1) is 12.6 Å². The number of rotatable bonds is 3. The third-order valence-electron chi connectivity index (χ3n) is 4.87. The summed E-state index contributed by atoms with van der Waals surface area (Å²) in [4.78, 5) is 0. The van der Waals surface area contributed by atoms with E-state index in [1.54, 1.807) is 5.57 Å². The van der Waals surface area contributed by atoms with E-state index in [2.05, 4.69) is 42.7 Å². The summed E-state index contributed by atoms with van der Waals surface area (Å²) in [5.41, 5.74) is 4.39. The molecule has 2 nitrogen and oxygen atoms in total. The fraction of sp³-hybridized carbons (Fsp3) is 0.579. The zero-order valence-corrected chi connectivity index (χ0v) is 13.1. The SMILES string of the molecule is CNC(/C1=C/CCCCCC1)C1OCCc2ccccc21. The zero-order valence-electron chi connectivity index (χ0n) is 13.1. The molecule has 2 aliphatic rings. The van der Waals surface area contributed by atoms with E-state index in [-0.39, 0.29) is 6.10 Å². The Morgan fingerprint density at radius 3 is 2.86 bits per heavy atom. The minimum atomic E-state index is 0.172. The van der Waals surface area contributed by atoms with Crippen LogP contribution in [0.2, 0.25) is 0 Å². The first-order valence-corrected chi connectivity index (χ1v) is 8.46. The van der Waals surface area contributed by atoms with E-state index in [0.717, 1.165) is 13.0 Å². The van der Waals surface area contributed by atoms with Gasteiger partial charge in [-0.25, -0.2) is 0 Å². The lowest BCUT2D eigenvalue weighted by Gasteiger charge is -2.34. The van der Waals surface area contributed by atoms with Gasteiger partial charge in [-0.05, 0) is 50.3 Å². The number of allylic oxidation sites excluding steroid dienone is 1. The summed E-state index contributed by atoms with van der Waals surface area (Å²) in [6.07, 6.45) is 11.5. The molecule has 1 aliphatic carbocycles. The van der Waals surface area contributed by atoms with Crippen molar-refractivity contribution in [2.75, 3.05) is 13.7 Å². The van der Waals surface area contributed by atoms with Crippen LogP contribution in [0.4, 0.5) is 0 Å². The average molecular weight is 285 g/mol. The minimum Gasteiger partial charge on any atom is -0.371 e. The van der Waals surface area contributed by atoms with Crippen LogP contribution in [0.1, 0.15) is 55.8 Å². The molecule has 2 atom stereocenters. The van der Waals surface area contributed by atoms with Gasteiger partial charge in [-0.3, -0.25) is 0 Å². The normalized spacial score (nSPS) is 26.9. The van der Waals surface area contributed by atoms with E-state index < -0.39 is 0 Å². The molecular weight excluding hydrogens is 258 g/mol. The summed E-state index contributed by atoms with van der Waals surface area (Å²) in [7, 11) is 2.07. The quantitative estimate of drug-likeness (QED) is 0.842. The zero-order chi connectivity index (χ0) is 14.5. The second-order valence-corrected chi connectivity index (χ2v) is 6.24. The highest BCUT2D eigenvalue weighted by atomic mass is 16.5. The van der Waals surface area contributed by atoms with Gasteiger partial charge in [0.25, 0.3) is 0 Å². The van der Waals surface area contributed by atoms with Crippen LogP contribution in [0.5, 0.6) is 0 Å². The van der Waals surface area contributed by atoms with E-state index in [4.69, 9.17) is 4.74 Å². The summed E-state index contributed by atoms with van der Waals surface area (Å²) < 4.78 is 6.18. The highest BCUT2D eigenvalue weighted by molar-refractivity contribution is 5.34. The number of ether oxygens (including phenoxy) is 1. The van der Waals surface area contributed by atoms with E-state index in [1.807, 2.05) is 0 Å². The lowest BCUT2D eigenvalue weighted by atomic mass is 9.86. The maximum atomic E-state index is 6.18. The van der Waals surface area contributed by atoms with Gasteiger partial charge in [-0.1, -0.05) is 48.8 Å². The van der Waals surface area contributed by atoms with Crippen molar-refractivity contribution in [3.05, 3.63) is 47.0 Å². The standard InChI is InChI=1S/C19H27NO/c1-20-18(16-10-5-3-2-4-6-11-16)19-17-12-8-7-9-15(17)13-14-21-19/h7-10,12,18-20H,2-6,11,13-14H2,1H3/b16-10+. The fourth-order valence-corrected chi connectivity index (χ4v) is 3.73. The topological polar surface area (TPSA) is 21.3 Å². The van der Waals surface area contributed by atoms with Gasteiger partial charge >= 0.3 is 0 Å². The third-order valence-corrected chi connectivity index (χ3v) is 4.87. The first-order chi connectivity index (χ1) is 10.4. The smallest absolute Gasteiger partial charge is 0.102 e. The van der Waals surface area contributed by atoms with Crippen LogP contribution in [-0.4, -0.2) is 19.7 Å². The molecule has 1 aromatic carbocycles. The molecule has 0 radical (unpaired) electrons. The largest absolute Gasteiger partial charge is 0.371 e. The van der Waals surface area contributed by atoms with Crippen molar-refractivity contribution in [1.29, 1.82) is 0 Å². The first kappa shape index (κ1) is 14.8. The average Bonchev–Trinajstić information content (AvgIpc) is 2.50. The van der Waals surface area contributed by atoms with Crippen molar-refractivity contribution in [2.24, 2.45) is 0 Å². The predicted molar refractivity (Wildman–Crippen MR) is 87.5 cm³/mol. The van der Waals surface area contributed by atoms with Crippen LogP contribution in [-0.2, 0) is 11.2 Å². The van der Waals surface area contributed by atoms with Gasteiger partial charge in [0.1, 0.15) is 6.10 Å². The molecule has 1 aliphatic heterocycles. The summed E-state index contributed by atoms with van der Waals surface area (Å²) in [6, 6.07) is 9.10. The van der Waals surface area contributed by atoms with Gasteiger partial charge in [0.15, 0.2) is 0 Å². The lowest BCUT2D eigenvalue weighted by Crippen LogP contribution is -2.38. The van der Waals surface area contributed by atoms with Gasteiger partial charge in [-0.15, -0.1) is 0 Å². The maximum absolute atomic E-state index is 6.18. The molecule has 1 heterocycles. The summed E-state index contributed by atoms with van der Waals surface area (Å²) in [5, 5.41) is 3.54. The number of fused-ring (bicyclic) bond motifs is 1. The molecular formula is C19H27NO. The van der Waals surface area contributed by atoms with E-state index in [0.29, 0.717) is 6.04 Å². The molecule has 0 amide bonds. The molecule has 114 valence electrons. The summed E-state index contributed by atoms with van der Waals surface area (Å²) in [6.45, 7) is 0.840. The molecule has 0 aromatic heterocycles. The second kappa shape index (κ2) is 7.24. The van der Waals surface area contributed by atoms with Crippen LogP contribution < -0.4 is 5.32 Å². The Hall–Kier alpha value is -1.12. The third kappa shape index (κ3) is 3.38. The number of benzene rings is 1. The Morgan fingerprint density at radius 2 is 1.95 bits per heavy atom. The molecule has 21 heavy (non-hydrogen) atoms. The molecule has 1 aromatic rings. The summed E-state index contributed by atoms with van der Waals surface area (Å²) >= 11 is 0. The lowest BCUT2D eigenvalue weighted by molar-refractivity contribution is 0.0245. The van der Waals surface area contributed by atoms with Crippen LogP contribution >= 0.6 is 0 Å². The maximum Gasteiger partial charge on any atom is 0.102 e. The van der Waals surface area contributed by atoms with Gasteiger partial charge in [0, 0.05) is 0 Å². The molecule has 2 heteroatoms. The van der Waals surface area contributed by atoms with Crippen LogP contribution in [0.25, 0.3) is 0 Å². The Morgan fingerprint density at radius 1 is 1.10 bits per heavy atom. The molecule has 0 fully saturated rings. The van der Waals surface area contributed by atoms with Crippen molar-refractivity contribution in [1.82, 2.24) is 5.32 Å². The number of likely N-dealkylation sites (N-methyl/N-ethyl adjacent to an activating group) is 1. The Balaban J connectivity index is 1.86. The Labute approximate surface area is 128 Å². The van der Waals surface area contributed by atoms with Crippen molar-refractivity contribution in [3.63, 3.8) is 0 Å². The molecule has 0 bridgehead atoms. The summed E-state index contributed by atoms with van der Waals surface area (Å²) in [5.74, 6) is 0. The number of nitrogens with one attached hydrogen (secondary N) is 1. The van der Waals surface area contributed by atoms with Crippen molar-refractivity contribution in [2.45, 2.75) is 57.1 Å². The van der Waals surface area contributed by atoms with E-state index in [1.165, 1.54) is 49.7 Å². The molecule has 3 rings (SSSR count). The van der Waals surface area contributed by atoms with Crippen LogP contribution in [0, 0.1) is 0 Å². The fourth-order valence-electron chi connectivity index (χ4n) is 3.73. The van der Waals surface area contributed by atoms with Crippen LogP contribution in [0.15, 0.2) is 35.9 Å². The van der Waals surface area contributed by atoms with Gasteiger partial charge in [0.2, 0.25) is 0 Å². The molecule has 1 N–H and O–H groups in total. The number of hydrogen-bond donors (Lipinski definition) is 1. The van der Waals surface area contributed by atoms with Crippen molar-refractivity contribution < 1.29 is 4.74 Å². The van der Waals surface area contributed by atoms with E-state index in [9.17, 15) is 0 Å². The first-order valence-electron chi connectivity index (χ1n) is 8.46. The van der Waals surface area contributed by atoms with E-state index >= 15 is 0 Å².